The van der Waals surface area contributed by atoms with Gasteiger partial charge in [0, 0.05) is 12.5 Å². The van der Waals surface area contributed by atoms with Crippen molar-refractivity contribution in [3.63, 3.8) is 0 Å². The average molecular weight is 242 g/mol. The van der Waals surface area contributed by atoms with Crippen LogP contribution in [0.3, 0.4) is 0 Å². The zero-order chi connectivity index (χ0) is 12.5. The van der Waals surface area contributed by atoms with Crippen molar-refractivity contribution >= 4 is 11.9 Å². The standard InChI is InChI=1S/C12H22N2O3/c1-2-17-12(16)9-14-11(15)7-6-10-5-3-4-8-13-10/h10,13H,2-9H2,1H3,(H,14,15). The van der Waals surface area contributed by atoms with Crippen molar-refractivity contribution in [2.75, 3.05) is 19.7 Å². The van der Waals surface area contributed by atoms with Crippen LogP contribution in [0.4, 0.5) is 0 Å². The van der Waals surface area contributed by atoms with Crippen LogP contribution in [-0.4, -0.2) is 37.6 Å². The first-order valence-electron chi connectivity index (χ1n) is 6.38. The lowest BCUT2D eigenvalue weighted by molar-refractivity contribution is -0.143. The van der Waals surface area contributed by atoms with Gasteiger partial charge in [0.2, 0.25) is 5.91 Å². The molecule has 1 heterocycles. The van der Waals surface area contributed by atoms with Crippen LogP contribution >= 0.6 is 0 Å². The molecular formula is C12H22N2O3. The molecule has 1 fully saturated rings. The molecule has 0 bridgehead atoms. The summed E-state index contributed by atoms with van der Waals surface area (Å²) in [6, 6.07) is 0.456. The number of rotatable bonds is 6. The lowest BCUT2D eigenvalue weighted by Crippen LogP contribution is -2.36. The molecule has 98 valence electrons. The van der Waals surface area contributed by atoms with E-state index in [2.05, 4.69) is 10.6 Å². The van der Waals surface area contributed by atoms with Crippen LogP contribution in [0.5, 0.6) is 0 Å². The van der Waals surface area contributed by atoms with Gasteiger partial charge in [0.25, 0.3) is 0 Å². The maximum Gasteiger partial charge on any atom is 0.325 e. The third-order valence-corrected chi connectivity index (χ3v) is 2.87. The second-order valence-electron chi connectivity index (χ2n) is 4.27. The van der Waals surface area contributed by atoms with E-state index in [1.54, 1.807) is 6.92 Å². The Hall–Kier alpha value is -1.10. The molecule has 0 aromatic heterocycles. The molecular weight excluding hydrogens is 220 g/mol. The first-order valence-corrected chi connectivity index (χ1v) is 6.38. The van der Waals surface area contributed by atoms with Crippen molar-refractivity contribution in [3.05, 3.63) is 0 Å². The summed E-state index contributed by atoms with van der Waals surface area (Å²) in [6.45, 7) is 3.12. The van der Waals surface area contributed by atoms with Crippen molar-refractivity contribution in [2.24, 2.45) is 0 Å². The Kier molecular flexibility index (Phi) is 6.62. The molecule has 0 aromatic carbocycles. The predicted octanol–water partition coefficient (Wildman–Crippen LogP) is 0.588. The third-order valence-electron chi connectivity index (χ3n) is 2.87. The molecule has 1 aliphatic rings. The van der Waals surface area contributed by atoms with Gasteiger partial charge in [-0.05, 0) is 32.7 Å². The molecule has 1 aliphatic heterocycles. The fraction of sp³-hybridized carbons (Fsp3) is 0.833. The first kappa shape index (κ1) is 14.0. The fourth-order valence-corrected chi connectivity index (χ4v) is 1.95. The summed E-state index contributed by atoms with van der Waals surface area (Å²) in [5.41, 5.74) is 0. The third kappa shape index (κ3) is 6.26. The van der Waals surface area contributed by atoms with E-state index in [-0.39, 0.29) is 18.4 Å². The van der Waals surface area contributed by atoms with Gasteiger partial charge in [-0.15, -0.1) is 0 Å². The topological polar surface area (TPSA) is 67.4 Å². The van der Waals surface area contributed by atoms with E-state index in [4.69, 9.17) is 4.74 Å². The van der Waals surface area contributed by atoms with E-state index >= 15 is 0 Å². The Morgan fingerprint density at radius 3 is 2.88 bits per heavy atom. The number of carbonyl (C=O) groups is 2. The molecule has 0 radical (unpaired) electrons. The highest BCUT2D eigenvalue weighted by Crippen LogP contribution is 2.11. The molecule has 1 saturated heterocycles. The molecule has 0 saturated carbocycles. The Labute approximate surface area is 102 Å². The number of carbonyl (C=O) groups excluding carboxylic acids is 2. The number of hydrogen-bond acceptors (Lipinski definition) is 4. The van der Waals surface area contributed by atoms with Gasteiger partial charge in [-0.1, -0.05) is 6.42 Å². The summed E-state index contributed by atoms with van der Waals surface area (Å²) in [4.78, 5) is 22.5. The van der Waals surface area contributed by atoms with Crippen LogP contribution < -0.4 is 10.6 Å². The summed E-state index contributed by atoms with van der Waals surface area (Å²) in [5, 5.41) is 5.95. The van der Waals surface area contributed by atoms with E-state index in [1.807, 2.05) is 0 Å². The highest BCUT2D eigenvalue weighted by atomic mass is 16.5. The smallest absolute Gasteiger partial charge is 0.325 e. The van der Waals surface area contributed by atoms with E-state index in [9.17, 15) is 9.59 Å². The van der Waals surface area contributed by atoms with E-state index in [1.165, 1.54) is 12.8 Å². The van der Waals surface area contributed by atoms with Crippen molar-refractivity contribution < 1.29 is 14.3 Å². The van der Waals surface area contributed by atoms with Crippen LogP contribution in [0.1, 0.15) is 39.0 Å². The molecule has 5 nitrogen and oxygen atoms in total. The van der Waals surface area contributed by atoms with E-state index < -0.39 is 0 Å². The largest absolute Gasteiger partial charge is 0.465 e. The summed E-state index contributed by atoms with van der Waals surface area (Å²) >= 11 is 0. The zero-order valence-electron chi connectivity index (χ0n) is 10.5. The van der Waals surface area contributed by atoms with Crippen LogP contribution in [-0.2, 0) is 14.3 Å². The van der Waals surface area contributed by atoms with Gasteiger partial charge in [-0.25, -0.2) is 0 Å². The van der Waals surface area contributed by atoms with Gasteiger partial charge in [0.15, 0.2) is 0 Å². The summed E-state index contributed by atoms with van der Waals surface area (Å²) in [6.07, 6.45) is 4.92. The molecule has 5 heteroatoms. The number of piperidine rings is 1. The Balaban J connectivity index is 2.06. The predicted molar refractivity (Wildman–Crippen MR) is 64.5 cm³/mol. The van der Waals surface area contributed by atoms with Gasteiger partial charge >= 0.3 is 5.97 Å². The van der Waals surface area contributed by atoms with Crippen molar-refractivity contribution in [1.82, 2.24) is 10.6 Å². The lowest BCUT2D eigenvalue weighted by Gasteiger charge is -2.22. The second kappa shape index (κ2) is 8.06. The number of amides is 1. The first-order chi connectivity index (χ1) is 8.22. The minimum atomic E-state index is -0.378. The van der Waals surface area contributed by atoms with Crippen molar-refractivity contribution in [2.45, 2.75) is 45.1 Å². The molecule has 0 aromatic rings. The van der Waals surface area contributed by atoms with Crippen LogP contribution in [0.15, 0.2) is 0 Å². The lowest BCUT2D eigenvalue weighted by atomic mass is 10.0. The number of hydrogen-bond donors (Lipinski definition) is 2. The Morgan fingerprint density at radius 2 is 2.24 bits per heavy atom. The normalized spacial score (nSPS) is 19.7. The van der Waals surface area contributed by atoms with Gasteiger partial charge in [0.05, 0.1) is 6.61 Å². The van der Waals surface area contributed by atoms with Crippen LogP contribution in [0, 0.1) is 0 Å². The molecule has 17 heavy (non-hydrogen) atoms. The maximum absolute atomic E-state index is 11.4. The average Bonchev–Trinajstić information content (AvgIpc) is 2.35. The van der Waals surface area contributed by atoms with Crippen LogP contribution in [0.25, 0.3) is 0 Å². The van der Waals surface area contributed by atoms with Gasteiger partial charge in [-0.3, -0.25) is 9.59 Å². The molecule has 1 unspecified atom stereocenters. The SMILES string of the molecule is CCOC(=O)CNC(=O)CCC1CCCCN1. The summed E-state index contributed by atoms with van der Waals surface area (Å²) < 4.78 is 4.72. The molecule has 1 atom stereocenters. The molecule has 0 aliphatic carbocycles. The number of ether oxygens (including phenoxy) is 1. The Morgan fingerprint density at radius 1 is 1.41 bits per heavy atom. The summed E-state index contributed by atoms with van der Waals surface area (Å²) in [7, 11) is 0. The highest BCUT2D eigenvalue weighted by molar-refractivity contribution is 5.81. The fourth-order valence-electron chi connectivity index (χ4n) is 1.95. The monoisotopic (exact) mass is 242 g/mol. The van der Waals surface area contributed by atoms with Gasteiger partial charge < -0.3 is 15.4 Å². The van der Waals surface area contributed by atoms with Gasteiger partial charge in [0.1, 0.15) is 6.54 Å². The van der Waals surface area contributed by atoms with E-state index in [0.29, 0.717) is 19.1 Å². The zero-order valence-corrected chi connectivity index (χ0v) is 10.5. The number of esters is 1. The minimum Gasteiger partial charge on any atom is -0.465 e. The summed E-state index contributed by atoms with van der Waals surface area (Å²) in [5.74, 6) is -0.456. The van der Waals surface area contributed by atoms with Crippen LogP contribution in [0.2, 0.25) is 0 Å². The second-order valence-corrected chi connectivity index (χ2v) is 4.27. The molecule has 1 amide bonds. The Bertz CT molecular complexity index is 250. The molecule has 2 N–H and O–H groups in total. The molecule has 0 spiro atoms. The maximum atomic E-state index is 11.4. The molecule has 1 rings (SSSR count). The van der Waals surface area contributed by atoms with E-state index in [0.717, 1.165) is 19.4 Å². The number of nitrogens with one attached hydrogen (secondary N) is 2. The van der Waals surface area contributed by atoms with Crippen molar-refractivity contribution in [3.8, 4) is 0 Å². The van der Waals surface area contributed by atoms with Crippen molar-refractivity contribution in [1.29, 1.82) is 0 Å². The quantitative estimate of drug-likeness (QED) is 0.669. The van der Waals surface area contributed by atoms with Gasteiger partial charge in [-0.2, -0.15) is 0 Å². The minimum absolute atomic E-state index is 0.0230. The highest BCUT2D eigenvalue weighted by Gasteiger charge is 2.14.